The first kappa shape index (κ1) is 24.6. The first-order chi connectivity index (χ1) is 16.8. The summed E-state index contributed by atoms with van der Waals surface area (Å²) in [5.74, 6) is 0. The average Bonchev–Trinajstić information content (AvgIpc) is 2.89. The van der Waals surface area contributed by atoms with E-state index in [1.165, 1.54) is 0 Å². The molecule has 4 rings (SSSR count). The van der Waals surface area contributed by atoms with Crippen LogP contribution in [0.5, 0.6) is 0 Å². The lowest BCUT2D eigenvalue weighted by molar-refractivity contribution is -0.0770. The number of carbonyl (C=O) groups excluding carboxylic acids is 1. The van der Waals surface area contributed by atoms with Gasteiger partial charge in [-0.05, 0) is 49.1 Å². The van der Waals surface area contributed by atoms with Crippen molar-refractivity contribution in [2.75, 3.05) is 13.7 Å². The van der Waals surface area contributed by atoms with Gasteiger partial charge in [0.1, 0.15) is 11.8 Å². The summed E-state index contributed by atoms with van der Waals surface area (Å²) >= 11 is 0. The number of dihydropyridines is 1. The minimum absolute atomic E-state index is 0.107. The van der Waals surface area contributed by atoms with E-state index >= 15 is 0 Å². The van der Waals surface area contributed by atoms with Crippen LogP contribution < -0.4 is 5.32 Å². The Morgan fingerprint density at radius 3 is 2.51 bits per heavy atom. The SMILES string of the molecule is COC1C=CC(c2ccc([C@H](C)N3CC[C@](CC(C)(C)C#N)(c4ccccc4)OC3=O)cc2)=CN1. The molecule has 2 aromatic carbocycles. The number of methoxy groups -OCH3 is 1. The molecule has 35 heavy (non-hydrogen) atoms. The van der Waals surface area contributed by atoms with Crippen molar-refractivity contribution in [3.8, 4) is 6.07 Å². The lowest BCUT2D eigenvalue weighted by atomic mass is 9.75. The molecule has 0 aliphatic carbocycles. The van der Waals surface area contributed by atoms with Crippen molar-refractivity contribution < 1.29 is 14.3 Å². The second-order valence-electron chi connectivity index (χ2n) is 9.92. The standard InChI is InChI=1S/C29H33N3O3/c1-21(22-10-12-23(13-11-22)24-14-15-26(34-4)31-18-24)32-17-16-29(35-27(32)33,19-28(2,3)20-30)25-8-6-5-7-9-25/h5-15,18,21,26,31H,16-17,19H2,1-4H3/t21-,26?,29-/m0/s1. The smallest absolute Gasteiger partial charge is 0.411 e. The molecule has 1 amide bonds. The summed E-state index contributed by atoms with van der Waals surface area (Å²) in [4.78, 5) is 15.1. The number of benzene rings is 2. The summed E-state index contributed by atoms with van der Waals surface area (Å²) < 4.78 is 11.5. The molecule has 2 aliphatic rings. The van der Waals surface area contributed by atoms with E-state index in [0.717, 1.165) is 22.3 Å². The van der Waals surface area contributed by atoms with Crippen LogP contribution in [0, 0.1) is 16.7 Å². The number of nitrogens with zero attached hydrogens (tertiary/aromatic N) is 2. The van der Waals surface area contributed by atoms with Crippen LogP contribution >= 0.6 is 0 Å². The zero-order chi connectivity index (χ0) is 25.1. The number of cyclic esters (lactones) is 1. The Morgan fingerprint density at radius 1 is 1.23 bits per heavy atom. The highest BCUT2D eigenvalue weighted by Crippen LogP contribution is 2.44. The minimum Gasteiger partial charge on any atom is -0.438 e. The highest BCUT2D eigenvalue weighted by atomic mass is 16.6. The first-order valence-electron chi connectivity index (χ1n) is 12.0. The third kappa shape index (κ3) is 5.26. The summed E-state index contributed by atoms with van der Waals surface area (Å²) in [6.45, 7) is 6.36. The monoisotopic (exact) mass is 471 g/mol. The topological polar surface area (TPSA) is 74.6 Å². The minimum atomic E-state index is -0.815. The predicted octanol–water partition coefficient (Wildman–Crippen LogP) is 5.90. The number of rotatable bonds is 7. The van der Waals surface area contributed by atoms with Crippen molar-refractivity contribution in [3.05, 3.63) is 89.6 Å². The molecule has 0 aromatic heterocycles. The van der Waals surface area contributed by atoms with Gasteiger partial charge in [0.2, 0.25) is 0 Å². The molecule has 0 saturated carbocycles. The van der Waals surface area contributed by atoms with E-state index in [-0.39, 0.29) is 18.4 Å². The number of allylic oxidation sites excluding steroid dienone is 2. The number of carbonyl (C=O) groups is 1. The number of nitriles is 1. The lowest BCUT2D eigenvalue weighted by Crippen LogP contribution is -2.50. The molecule has 1 unspecified atom stereocenters. The Balaban J connectivity index is 1.50. The number of amides is 1. The summed E-state index contributed by atoms with van der Waals surface area (Å²) in [7, 11) is 1.66. The molecule has 2 aliphatic heterocycles. The van der Waals surface area contributed by atoms with E-state index in [1.807, 2.05) is 69.5 Å². The van der Waals surface area contributed by atoms with Crippen molar-refractivity contribution in [2.45, 2.75) is 51.5 Å². The van der Waals surface area contributed by atoms with Gasteiger partial charge < -0.3 is 19.7 Å². The maximum absolute atomic E-state index is 13.3. The third-order valence-electron chi connectivity index (χ3n) is 6.91. The van der Waals surface area contributed by atoms with Gasteiger partial charge in [-0.2, -0.15) is 5.26 Å². The summed E-state index contributed by atoms with van der Waals surface area (Å²) in [6, 6.07) is 20.3. The van der Waals surface area contributed by atoms with Crippen molar-refractivity contribution >= 4 is 11.7 Å². The number of nitrogens with one attached hydrogen (secondary N) is 1. The van der Waals surface area contributed by atoms with Gasteiger partial charge in [-0.3, -0.25) is 0 Å². The molecule has 1 saturated heterocycles. The van der Waals surface area contributed by atoms with Crippen LogP contribution in [0.2, 0.25) is 0 Å². The Labute approximate surface area is 207 Å². The van der Waals surface area contributed by atoms with E-state index in [1.54, 1.807) is 12.0 Å². The molecule has 6 heteroatoms. The van der Waals surface area contributed by atoms with Crippen molar-refractivity contribution in [1.82, 2.24) is 10.2 Å². The van der Waals surface area contributed by atoms with Gasteiger partial charge in [-0.1, -0.05) is 60.7 Å². The molecule has 3 atom stereocenters. The van der Waals surface area contributed by atoms with Crippen molar-refractivity contribution in [2.24, 2.45) is 5.41 Å². The van der Waals surface area contributed by atoms with Gasteiger partial charge in [0, 0.05) is 32.7 Å². The second-order valence-corrected chi connectivity index (χ2v) is 9.92. The van der Waals surface area contributed by atoms with E-state index in [2.05, 4.69) is 35.7 Å². The fourth-order valence-corrected chi connectivity index (χ4v) is 4.87. The number of hydrogen-bond donors (Lipinski definition) is 1. The quantitative estimate of drug-likeness (QED) is 0.544. The van der Waals surface area contributed by atoms with Crippen molar-refractivity contribution in [3.63, 3.8) is 0 Å². The second kappa shape index (κ2) is 9.97. The molecule has 2 heterocycles. The zero-order valence-electron chi connectivity index (χ0n) is 20.8. The molecule has 0 radical (unpaired) electrons. The molecule has 182 valence electrons. The third-order valence-corrected chi connectivity index (χ3v) is 6.91. The van der Waals surface area contributed by atoms with Gasteiger partial charge >= 0.3 is 6.09 Å². The normalized spacial score (nSPS) is 23.1. The van der Waals surface area contributed by atoms with Gasteiger partial charge in [0.05, 0.1) is 17.5 Å². The Kier molecular flexibility index (Phi) is 7.00. The first-order valence-corrected chi connectivity index (χ1v) is 12.0. The molecule has 6 nitrogen and oxygen atoms in total. The van der Waals surface area contributed by atoms with E-state index in [9.17, 15) is 10.1 Å². The van der Waals surface area contributed by atoms with Crippen LogP contribution in [0.3, 0.4) is 0 Å². The van der Waals surface area contributed by atoms with Gasteiger partial charge in [-0.25, -0.2) is 4.79 Å². The summed E-state index contributed by atoms with van der Waals surface area (Å²) in [6.07, 6.45) is 6.58. The molecule has 1 fully saturated rings. The molecular weight excluding hydrogens is 438 g/mol. The van der Waals surface area contributed by atoms with E-state index < -0.39 is 11.0 Å². The molecular formula is C29H33N3O3. The number of ether oxygens (including phenoxy) is 2. The van der Waals surface area contributed by atoms with E-state index in [4.69, 9.17) is 9.47 Å². The van der Waals surface area contributed by atoms with Crippen LogP contribution in [-0.2, 0) is 15.1 Å². The lowest BCUT2D eigenvalue weighted by Gasteiger charge is -2.45. The molecule has 1 N–H and O–H groups in total. The van der Waals surface area contributed by atoms with Crippen LogP contribution in [0.25, 0.3) is 5.57 Å². The van der Waals surface area contributed by atoms with Crippen molar-refractivity contribution in [1.29, 1.82) is 5.26 Å². The highest BCUT2D eigenvalue weighted by molar-refractivity contribution is 5.75. The van der Waals surface area contributed by atoms with Gasteiger partial charge in [-0.15, -0.1) is 0 Å². The van der Waals surface area contributed by atoms with Crippen LogP contribution in [0.4, 0.5) is 4.79 Å². The Bertz CT molecular complexity index is 1150. The fourth-order valence-electron chi connectivity index (χ4n) is 4.87. The largest absolute Gasteiger partial charge is 0.438 e. The Hall–Kier alpha value is -3.56. The number of hydrogen-bond acceptors (Lipinski definition) is 5. The van der Waals surface area contributed by atoms with Crippen LogP contribution in [0.15, 0.2) is 72.9 Å². The molecule has 0 spiro atoms. The predicted molar refractivity (Wildman–Crippen MR) is 136 cm³/mol. The maximum atomic E-state index is 13.3. The van der Waals surface area contributed by atoms with Crippen LogP contribution in [-0.4, -0.2) is 30.9 Å². The summed E-state index contributed by atoms with van der Waals surface area (Å²) in [5.41, 5.74) is 2.69. The van der Waals surface area contributed by atoms with Crippen LogP contribution in [0.1, 0.15) is 56.3 Å². The molecule has 0 bridgehead atoms. The average molecular weight is 472 g/mol. The zero-order valence-corrected chi connectivity index (χ0v) is 20.8. The summed E-state index contributed by atoms with van der Waals surface area (Å²) in [5, 5.41) is 12.9. The maximum Gasteiger partial charge on any atom is 0.411 e. The van der Waals surface area contributed by atoms with E-state index in [0.29, 0.717) is 19.4 Å². The fraction of sp³-hybridized carbons (Fsp3) is 0.379. The molecule has 2 aromatic rings. The highest BCUT2D eigenvalue weighted by Gasteiger charge is 2.46. The van der Waals surface area contributed by atoms with Gasteiger partial charge in [0.25, 0.3) is 0 Å². The van der Waals surface area contributed by atoms with Gasteiger partial charge in [0.15, 0.2) is 0 Å². The Morgan fingerprint density at radius 2 is 1.94 bits per heavy atom.